The summed E-state index contributed by atoms with van der Waals surface area (Å²) in [6.45, 7) is 3.60. The van der Waals surface area contributed by atoms with Crippen molar-refractivity contribution in [1.82, 2.24) is 0 Å². The Bertz CT molecular complexity index is 242. The van der Waals surface area contributed by atoms with Crippen LogP contribution in [0.5, 0.6) is 0 Å². The smallest absolute Gasteiger partial charge is 0.0923 e. The van der Waals surface area contributed by atoms with Crippen molar-refractivity contribution in [3.63, 3.8) is 0 Å². The Kier molecular flexibility index (Phi) is 3.69. The van der Waals surface area contributed by atoms with E-state index in [1.54, 1.807) is 18.2 Å². The normalized spacial score (nSPS) is 33.4. The van der Waals surface area contributed by atoms with Crippen molar-refractivity contribution in [3.8, 4) is 6.07 Å². The Labute approximate surface area is 77.9 Å². The molecule has 0 bridgehead atoms. The van der Waals surface area contributed by atoms with Crippen molar-refractivity contribution in [3.05, 3.63) is 24.8 Å². The van der Waals surface area contributed by atoms with Gasteiger partial charge >= 0.3 is 0 Å². The van der Waals surface area contributed by atoms with Crippen molar-refractivity contribution in [2.45, 2.75) is 18.6 Å². The van der Waals surface area contributed by atoms with E-state index in [9.17, 15) is 0 Å². The molecule has 1 N–H and O–H groups in total. The first kappa shape index (κ1) is 9.97. The summed E-state index contributed by atoms with van der Waals surface area (Å²) in [7, 11) is 0. The van der Waals surface area contributed by atoms with Crippen LogP contribution in [0.1, 0.15) is 6.42 Å². The lowest BCUT2D eigenvalue weighted by Gasteiger charge is -2.07. The lowest BCUT2D eigenvalue weighted by molar-refractivity contribution is 0.0943. The van der Waals surface area contributed by atoms with Gasteiger partial charge in [0.05, 0.1) is 30.8 Å². The first-order chi connectivity index (χ1) is 6.31. The number of aliphatic hydroxyl groups excluding tert-OH is 1. The van der Waals surface area contributed by atoms with Gasteiger partial charge in [-0.1, -0.05) is 18.2 Å². The second-order valence-electron chi connectivity index (χ2n) is 2.96. The number of nitriles is 1. The van der Waals surface area contributed by atoms with Gasteiger partial charge in [0.15, 0.2) is 0 Å². The third kappa shape index (κ3) is 2.41. The lowest BCUT2D eigenvalue weighted by Crippen LogP contribution is -2.11. The summed E-state index contributed by atoms with van der Waals surface area (Å²) in [5.41, 5.74) is 0. The zero-order valence-corrected chi connectivity index (χ0v) is 7.39. The van der Waals surface area contributed by atoms with Gasteiger partial charge in [-0.05, 0) is 6.42 Å². The van der Waals surface area contributed by atoms with Gasteiger partial charge in [-0.2, -0.15) is 5.26 Å². The second-order valence-corrected chi connectivity index (χ2v) is 2.96. The molecule has 0 saturated carbocycles. The minimum atomic E-state index is -0.194. The molecule has 1 fully saturated rings. The molecule has 3 nitrogen and oxygen atoms in total. The predicted molar refractivity (Wildman–Crippen MR) is 48.8 cm³/mol. The van der Waals surface area contributed by atoms with Crippen LogP contribution in [0.2, 0.25) is 0 Å². The van der Waals surface area contributed by atoms with Gasteiger partial charge in [0.1, 0.15) is 0 Å². The molecule has 0 aromatic rings. The molecule has 70 valence electrons. The molecule has 3 heteroatoms. The van der Waals surface area contributed by atoms with E-state index in [4.69, 9.17) is 15.1 Å². The summed E-state index contributed by atoms with van der Waals surface area (Å²) in [5, 5.41) is 17.4. The van der Waals surface area contributed by atoms with Crippen molar-refractivity contribution < 1.29 is 9.84 Å². The highest BCUT2D eigenvalue weighted by molar-refractivity contribution is 5.07. The Morgan fingerprint density at radius 3 is 3.00 bits per heavy atom. The SMILES string of the molecule is C=C[C@@H]1C[C@@H](C#N)[C@H](/C=C/CO)O1. The monoisotopic (exact) mass is 179 g/mol. The maximum Gasteiger partial charge on any atom is 0.0923 e. The van der Waals surface area contributed by atoms with E-state index < -0.39 is 0 Å². The van der Waals surface area contributed by atoms with E-state index >= 15 is 0 Å². The summed E-state index contributed by atoms with van der Waals surface area (Å²) in [5.74, 6) is -0.120. The number of nitrogens with zero attached hydrogens (tertiary/aromatic N) is 1. The minimum absolute atomic E-state index is 0.0171. The van der Waals surface area contributed by atoms with Crippen LogP contribution in [-0.4, -0.2) is 23.9 Å². The standard InChI is InChI=1S/C10H13NO2/c1-2-9-6-8(7-11)10(13-9)4-3-5-12/h2-4,8-10,12H,1,5-6H2/b4-3+/t8-,9+,10-/m0/s1. The van der Waals surface area contributed by atoms with Crippen molar-refractivity contribution >= 4 is 0 Å². The number of ether oxygens (including phenoxy) is 1. The van der Waals surface area contributed by atoms with Gasteiger partial charge in [0.25, 0.3) is 0 Å². The van der Waals surface area contributed by atoms with Crippen molar-refractivity contribution in [2.24, 2.45) is 5.92 Å². The summed E-state index contributed by atoms with van der Waals surface area (Å²) in [6, 6.07) is 2.18. The van der Waals surface area contributed by atoms with E-state index in [-0.39, 0.29) is 24.7 Å². The fraction of sp³-hybridized carbons (Fsp3) is 0.500. The molecular formula is C10H13NO2. The third-order valence-corrected chi connectivity index (χ3v) is 2.07. The Morgan fingerprint density at radius 1 is 1.69 bits per heavy atom. The largest absolute Gasteiger partial charge is 0.392 e. The van der Waals surface area contributed by atoms with Gasteiger partial charge in [-0.25, -0.2) is 0 Å². The van der Waals surface area contributed by atoms with Crippen LogP contribution in [-0.2, 0) is 4.74 Å². The highest BCUT2D eigenvalue weighted by Crippen LogP contribution is 2.27. The average Bonchev–Trinajstić information content (AvgIpc) is 2.57. The Morgan fingerprint density at radius 2 is 2.46 bits per heavy atom. The minimum Gasteiger partial charge on any atom is -0.392 e. The van der Waals surface area contributed by atoms with E-state index in [2.05, 4.69) is 12.6 Å². The van der Waals surface area contributed by atoms with Crippen molar-refractivity contribution in [2.75, 3.05) is 6.61 Å². The van der Waals surface area contributed by atoms with Crippen molar-refractivity contribution in [1.29, 1.82) is 5.26 Å². The quantitative estimate of drug-likeness (QED) is 0.658. The van der Waals surface area contributed by atoms with E-state index in [1.165, 1.54) is 0 Å². The fourth-order valence-electron chi connectivity index (χ4n) is 1.39. The molecule has 0 unspecified atom stereocenters. The molecule has 3 atom stereocenters. The van der Waals surface area contributed by atoms with Gasteiger partial charge in [0, 0.05) is 0 Å². The van der Waals surface area contributed by atoms with Gasteiger partial charge < -0.3 is 9.84 Å². The summed E-state index contributed by atoms with van der Waals surface area (Å²) in [4.78, 5) is 0. The Hall–Kier alpha value is -1.11. The molecule has 13 heavy (non-hydrogen) atoms. The zero-order valence-electron chi connectivity index (χ0n) is 7.39. The summed E-state index contributed by atoms with van der Waals surface area (Å²) < 4.78 is 5.48. The molecule has 0 amide bonds. The van der Waals surface area contributed by atoms with Crippen LogP contribution >= 0.6 is 0 Å². The van der Waals surface area contributed by atoms with E-state index in [0.717, 1.165) is 0 Å². The zero-order chi connectivity index (χ0) is 9.68. The first-order valence-corrected chi connectivity index (χ1v) is 4.27. The fourth-order valence-corrected chi connectivity index (χ4v) is 1.39. The molecular weight excluding hydrogens is 166 g/mol. The molecule has 1 saturated heterocycles. The summed E-state index contributed by atoms with van der Waals surface area (Å²) >= 11 is 0. The van der Waals surface area contributed by atoms with Gasteiger partial charge in [0.2, 0.25) is 0 Å². The average molecular weight is 179 g/mol. The van der Waals surface area contributed by atoms with Crippen LogP contribution in [0.3, 0.4) is 0 Å². The molecule has 1 rings (SSSR count). The van der Waals surface area contributed by atoms with E-state index in [1.807, 2.05) is 0 Å². The van der Waals surface area contributed by atoms with Crippen LogP contribution in [0.15, 0.2) is 24.8 Å². The number of rotatable bonds is 3. The third-order valence-electron chi connectivity index (χ3n) is 2.07. The number of hydrogen-bond acceptors (Lipinski definition) is 3. The number of hydrogen-bond donors (Lipinski definition) is 1. The molecule has 0 aromatic heterocycles. The first-order valence-electron chi connectivity index (χ1n) is 4.27. The van der Waals surface area contributed by atoms with Crippen LogP contribution < -0.4 is 0 Å². The number of aliphatic hydroxyl groups is 1. The second kappa shape index (κ2) is 4.80. The van der Waals surface area contributed by atoms with Gasteiger partial charge in [-0.3, -0.25) is 0 Å². The predicted octanol–water partition coefficient (Wildman–Crippen LogP) is 1.02. The van der Waals surface area contributed by atoms with Crippen LogP contribution in [0.4, 0.5) is 0 Å². The molecule has 1 aliphatic heterocycles. The summed E-state index contributed by atoms with van der Waals surface area (Å²) in [6.07, 6.45) is 5.51. The van der Waals surface area contributed by atoms with Gasteiger partial charge in [-0.15, -0.1) is 6.58 Å². The molecule has 0 radical (unpaired) electrons. The molecule has 1 aliphatic rings. The highest BCUT2D eigenvalue weighted by Gasteiger charge is 2.31. The molecule has 0 aromatic carbocycles. The molecule has 1 heterocycles. The maximum absolute atomic E-state index is 8.79. The molecule has 0 aliphatic carbocycles. The molecule has 0 spiro atoms. The van der Waals surface area contributed by atoms with Crippen LogP contribution in [0.25, 0.3) is 0 Å². The van der Waals surface area contributed by atoms with E-state index in [0.29, 0.717) is 6.42 Å². The topological polar surface area (TPSA) is 53.2 Å². The lowest BCUT2D eigenvalue weighted by atomic mass is 10.0. The maximum atomic E-state index is 8.79. The Balaban J connectivity index is 2.58. The van der Waals surface area contributed by atoms with Crippen LogP contribution in [0, 0.1) is 17.2 Å². The highest BCUT2D eigenvalue weighted by atomic mass is 16.5.